The highest BCUT2D eigenvalue weighted by Crippen LogP contribution is 2.43. The maximum absolute atomic E-state index is 12.1. The van der Waals surface area contributed by atoms with Crippen molar-refractivity contribution in [3.8, 4) is 0 Å². The van der Waals surface area contributed by atoms with E-state index < -0.39 is 5.60 Å². The van der Waals surface area contributed by atoms with E-state index in [0.29, 0.717) is 11.5 Å². The van der Waals surface area contributed by atoms with Crippen LogP contribution in [0.5, 0.6) is 0 Å². The van der Waals surface area contributed by atoms with Gasteiger partial charge in [-0.25, -0.2) is 14.5 Å². The molecule has 0 aliphatic carbocycles. The van der Waals surface area contributed by atoms with Crippen LogP contribution >= 0.6 is 0 Å². The third kappa shape index (κ3) is 2.96. The molecule has 146 valence electrons. The lowest BCUT2D eigenvalue weighted by atomic mass is 9.72. The van der Waals surface area contributed by atoms with Crippen LogP contribution in [0.2, 0.25) is 0 Å². The van der Waals surface area contributed by atoms with Gasteiger partial charge in [0.15, 0.2) is 5.65 Å². The second-order valence-electron chi connectivity index (χ2n) is 8.86. The molecule has 27 heavy (non-hydrogen) atoms. The molecular weight excluding hydrogens is 344 g/mol. The minimum atomic E-state index is -0.452. The van der Waals surface area contributed by atoms with Crippen molar-refractivity contribution < 1.29 is 9.53 Å². The first-order valence-corrected chi connectivity index (χ1v) is 9.47. The molecule has 2 N–H and O–H groups in total. The molecule has 2 aliphatic heterocycles. The first-order chi connectivity index (χ1) is 12.6. The van der Waals surface area contributed by atoms with Gasteiger partial charge in [0.05, 0.1) is 16.8 Å². The molecule has 1 amide bonds. The van der Waals surface area contributed by atoms with Crippen LogP contribution in [0.1, 0.15) is 33.4 Å². The van der Waals surface area contributed by atoms with E-state index in [4.69, 9.17) is 10.5 Å². The molecule has 0 saturated carbocycles. The number of hydrogen-bond donors (Lipinski definition) is 1. The van der Waals surface area contributed by atoms with Crippen LogP contribution in [-0.4, -0.2) is 57.5 Å². The second-order valence-corrected chi connectivity index (χ2v) is 8.86. The number of nitrogens with zero attached hydrogens (tertiary/aromatic N) is 5. The molecule has 2 aromatic heterocycles. The Morgan fingerprint density at radius 1 is 1.30 bits per heavy atom. The SMILES string of the molecule is CCn1nc2nc(C)c(N3CC4(CN(C(=O)OC(C)(C)C)C4)C3)cc2c1N. The Labute approximate surface area is 159 Å². The zero-order chi connectivity index (χ0) is 19.6. The predicted octanol–water partition coefficient (Wildman–Crippen LogP) is 2.40. The Kier molecular flexibility index (Phi) is 3.80. The van der Waals surface area contributed by atoms with Crippen LogP contribution < -0.4 is 10.6 Å². The van der Waals surface area contributed by atoms with Gasteiger partial charge in [0.1, 0.15) is 11.4 Å². The van der Waals surface area contributed by atoms with Crippen LogP contribution in [-0.2, 0) is 11.3 Å². The molecule has 8 heteroatoms. The molecule has 2 fully saturated rings. The van der Waals surface area contributed by atoms with E-state index in [2.05, 4.69) is 21.0 Å². The lowest BCUT2D eigenvalue weighted by Crippen LogP contribution is -2.73. The van der Waals surface area contributed by atoms with Crippen LogP contribution in [0.3, 0.4) is 0 Å². The summed E-state index contributed by atoms with van der Waals surface area (Å²) in [7, 11) is 0. The number of nitrogens with two attached hydrogens (primary N) is 1. The van der Waals surface area contributed by atoms with E-state index >= 15 is 0 Å². The average molecular weight is 372 g/mol. The van der Waals surface area contributed by atoms with E-state index in [1.165, 1.54) is 0 Å². The van der Waals surface area contributed by atoms with Crippen LogP contribution in [0.25, 0.3) is 11.0 Å². The fourth-order valence-electron chi connectivity index (χ4n) is 4.07. The van der Waals surface area contributed by atoms with Crippen molar-refractivity contribution >= 4 is 28.6 Å². The van der Waals surface area contributed by atoms with Gasteiger partial charge in [0.25, 0.3) is 0 Å². The van der Waals surface area contributed by atoms with Crippen molar-refractivity contribution in [2.45, 2.75) is 46.8 Å². The average Bonchev–Trinajstić information content (AvgIpc) is 2.78. The smallest absolute Gasteiger partial charge is 0.410 e. The van der Waals surface area contributed by atoms with Crippen LogP contribution in [0, 0.1) is 12.3 Å². The zero-order valence-electron chi connectivity index (χ0n) is 16.7. The first kappa shape index (κ1) is 17.9. The number of aryl methyl sites for hydroxylation is 2. The third-order valence-electron chi connectivity index (χ3n) is 5.33. The monoisotopic (exact) mass is 372 g/mol. The van der Waals surface area contributed by atoms with Crippen molar-refractivity contribution in [2.75, 3.05) is 36.8 Å². The van der Waals surface area contributed by atoms with Crippen molar-refractivity contribution in [1.29, 1.82) is 0 Å². The van der Waals surface area contributed by atoms with Crippen molar-refractivity contribution in [3.05, 3.63) is 11.8 Å². The molecule has 2 aromatic rings. The van der Waals surface area contributed by atoms with Gasteiger partial charge in [-0.3, -0.25) is 0 Å². The molecule has 0 radical (unpaired) electrons. The summed E-state index contributed by atoms with van der Waals surface area (Å²) in [6, 6.07) is 2.10. The highest BCUT2D eigenvalue weighted by atomic mass is 16.6. The molecule has 2 aliphatic rings. The Morgan fingerprint density at radius 3 is 2.56 bits per heavy atom. The summed E-state index contributed by atoms with van der Waals surface area (Å²) in [4.78, 5) is 20.9. The Balaban J connectivity index is 1.44. The van der Waals surface area contributed by atoms with Gasteiger partial charge < -0.3 is 20.3 Å². The first-order valence-electron chi connectivity index (χ1n) is 9.47. The Bertz CT molecular complexity index is 899. The molecule has 4 rings (SSSR count). The number of likely N-dealkylation sites (tertiary alicyclic amines) is 1. The van der Waals surface area contributed by atoms with Crippen molar-refractivity contribution in [1.82, 2.24) is 19.7 Å². The summed E-state index contributed by atoms with van der Waals surface area (Å²) >= 11 is 0. The number of ether oxygens (including phenoxy) is 1. The molecule has 0 atom stereocenters. The van der Waals surface area contributed by atoms with E-state index in [9.17, 15) is 4.79 Å². The van der Waals surface area contributed by atoms with Crippen LogP contribution in [0.15, 0.2) is 6.07 Å². The molecule has 0 aromatic carbocycles. The van der Waals surface area contributed by atoms with Gasteiger partial charge in [0.2, 0.25) is 0 Å². The predicted molar refractivity (Wildman–Crippen MR) is 105 cm³/mol. The fourth-order valence-corrected chi connectivity index (χ4v) is 4.07. The van der Waals surface area contributed by atoms with Gasteiger partial charge in [-0.05, 0) is 40.7 Å². The lowest BCUT2D eigenvalue weighted by Gasteiger charge is -2.60. The van der Waals surface area contributed by atoms with Crippen molar-refractivity contribution in [2.24, 2.45) is 5.41 Å². The number of anilines is 2. The summed E-state index contributed by atoms with van der Waals surface area (Å²) in [6.07, 6.45) is -0.217. The number of fused-ring (bicyclic) bond motifs is 1. The summed E-state index contributed by atoms with van der Waals surface area (Å²) in [5.41, 5.74) is 8.69. The third-order valence-corrected chi connectivity index (χ3v) is 5.33. The second kappa shape index (κ2) is 5.74. The number of rotatable bonds is 2. The van der Waals surface area contributed by atoms with Crippen molar-refractivity contribution in [3.63, 3.8) is 0 Å². The Hall–Kier alpha value is -2.51. The molecule has 0 unspecified atom stereocenters. The number of aromatic nitrogens is 3. The Morgan fingerprint density at radius 2 is 1.96 bits per heavy atom. The highest BCUT2D eigenvalue weighted by Gasteiger charge is 2.54. The summed E-state index contributed by atoms with van der Waals surface area (Å²) < 4.78 is 7.23. The van der Waals surface area contributed by atoms with E-state index in [0.717, 1.165) is 49.5 Å². The highest BCUT2D eigenvalue weighted by molar-refractivity contribution is 5.89. The molecule has 4 heterocycles. The van der Waals surface area contributed by atoms with E-state index in [1.54, 1.807) is 9.58 Å². The van der Waals surface area contributed by atoms with E-state index in [1.807, 2.05) is 34.6 Å². The number of carbonyl (C=O) groups excluding carboxylic acids is 1. The van der Waals surface area contributed by atoms with Crippen LogP contribution in [0.4, 0.5) is 16.3 Å². The molecular formula is C19H28N6O2. The standard InChI is InChI=1S/C19H28N6O2/c1-6-25-15(20)13-7-14(12(2)21-16(13)22-25)23-8-19(9-23)10-24(11-19)17(26)27-18(3,4)5/h7H,6,8-11,20H2,1-5H3. The maximum Gasteiger partial charge on any atom is 0.410 e. The normalized spacial score (nSPS) is 18.6. The summed E-state index contributed by atoms with van der Waals surface area (Å²) in [5, 5.41) is 5.36. The van der Waals surface area contributed by atoms with Gasteiger partial charge >= 0.3 is 6.09 Å². The molecule has 8 nitrogen and oxygen atoms in total. The molecule has 2 saturated heterocycles. The fraction of sp³-hybridized carbons (Fsp3) is 0.632. The van der Waals surface area contributed by atoms with Gasteiger partial charge in [-0.2, -0.15) is 5.10 Å². The quantitative estimate of drug-likeness (QED) is 0.871. The summed E-state index contributed by atoms with van der Waals surface area (Å²) in [5.74, 6) is 0.663. The number of carbonyl (C=O) groups is 1. The molecule has 1 spiro atoms. The van der Waals surface area contributed by atoms with E-state index in [-0.39, 0.29) is 11.5 Å². The number of nitrogen functional groups attached to an aromatic ring is 1. The number of amides is 1. The minimum Gasteiger partial charge on any atom is -0.444 e. The maximum atomic E-state index is 12.1. The molecule has 0 bridgehead atoms. The minimum absolute atomic E-state index is 0.178. The number of pyridine rings is 1. The lowest BCUT2D eigenvalue weighted by molar-refractivity contribution is -0.0453. The zero-order valence-corrected chi connectivity index (χ0v) is 16.7. The number of hydrogen-bond acceptors (Lipinski definition) is 6. The summed E-state index contributed by atoms with van der Waals surface area (Å²) in [6.45, 7) is 13.8. The van der Waals surface area contributed by atoms with Gasteiger partial charge in [0, 0.05) is 38.1 Å². The topological polar surface area (TPSA) is 89.5 Å². The van der Waals surface area contributed by atoms with Gasteiger partial charge in [-0.1, -0.05) is 0 Å². The largest absolute Gasteiger partial charge is 0.444 e. The van der Waals surface area contributed by atoms with Gasteiger partial charge in [-0.15, -0.1) is 0 Å².